The first-order chi connectivity index (χ1) is 10.4. The predicted molar refractivity (Wildman–Crippen MR) is 110 cm³/mol. The molecule has 5 nitrogen and oxygen atoms in total. The summed E-state index contributed by atoms with van der Waals surface area (Å²) in [6, 6.07) is 3.93. The number of hydrogen-bond acceptors (Lipinski definition) is 3. The van der Waals surface area contributed by atoms with E-state index in [4.69, 9.17) is 11.6 Å². The molecule has 0 spiro atoms. The molecule has 1 amide bonds. The molecule has 0 aromatic carbocycles. The number of guanidine groups is 1. The number of halogens is 2. The lowest BCUT2D eigenvalue weighted by atomic mass is 10.2. The van der Waals surface area contributed by atoms with Gasteiger partial charge in [0.25, 0.3) is 0 Å². The third-order valence-electron chi connectivity index (χ3n) is 2.92. The fraction of sp³-hybridized carbons (Fsp3) is 0.600. The summed E-state index contributed by atoms with van der Waals surface area (Å²) < 4.78 is 0.793. The maximum absolute atomic E-state index is 11.5. The highest BCUT2D eigenvalue weighted by Crippen LogP contribution is 2.22. The van der Waals surface area contributed by atoms with E-state index in [0.717, 1.165) is 23.4 Å². The van der Waals surface area contributed by atoms with E-state index in [-0.39, 0.29) is 35.8 Å². The van der Waals surface area contributed by atoms with Crippen molar-refractivity contribution in [3.63, 3.8) is 0 Å². The standard InChI is InChI=1S/C15H25ClN4OS.HI/c1-5-17-15(19-9-8-18-14(21)11(2)3)20(4)10-12-6-7-13(16)22-12;/h6-7,11H,5,8-10H2,1-4H3,(H,17,19)(H,18,21);1H. The molecule has 0 saturated carbocycles. The number of thiophene rings is 1. The summed E-state index contributed by atoms with van der Waals surface area (Å²) in [6.07, 6.45) is 0. The topological polar surface area (TPSA) is 56.7 Å². The van der Waals surface area contributed by atoms with Crippen LogP contribution in [0.25, 0.3) is 0 Å². The molecule has 1 heterocycles. The Hall–Kier alpha value is -0.540. The van der Waals surface area contributed by atoms with E-state index in [1.807, 2.05) is 40.0 Å². The van der Waals surface area contributed by atoms with Crippen molar-refractivity contribution in [1.82, 2.24) is 15.5 Å². The molecule has 23 heavy (non-hydrogen) atoms. The summed E-state index contributed by atoms with van der Waals surface area (Å²) in [5.41, 5.74) is 0. The Balaban J connectivity index is 0.00000484. The van der Waals surface area contributed by atoms with E-state index in [1.165, 1.54) is 4.88 Å². The van der Waals surface area contributed by atoms with Gasteiger partial charge in [0.1, 0.15) is 0 Å². The molecule has 1 aromatic heterocycles. The number of aliphatic imine (C=N–C) groups is 1. The maximum atomic E-state index is 11.5. The Morgan fingerprint density at radius 3 is 2.61 bits per heavy atom. The first-order valence-corrected chi connectivity index (χ1v) is 8.64. The van der Waals surface area contributed by atoms with E-state index >= 15 is 0 Å². The lowest BCUT2D eigenvalue weighted by molar-refractivity contribution is -0.123. The van der Waals surface area contributed by atoms with Gasteiger partial charge in [-0.3, -0.25) is 9.79 Å². The van der Waals surface area contributed by atoms with Crippen LogP contribution in [-0.4, -0.2) is 43.4 Å². The number of nitrogens with one attached hydrogen (secondary N) is 2. The van der Waals surface area contributed by atoms with Crippen LogP contribution in [0, 0.1) is 5.92 Å². The second kappa shape index (κ2) is 11.9. The Morgan fingerprint density at radius 2 is 2.09 bits per heavy atom. The van der Waals surface area contributed by atoms with Crippen LogP contribution in [0.2, 0.25) is 4.34 Å². The van der Waals surface area contributed by atoms with Crippen LogP contribution in [-0.2, 0) is 11.3 Å². The van der Waals surface area contributed by atoms with Crippen molar-refractivity contribution in [2.24, 2.45) is 10.9 Å². The molecule has 0 unspecified atom stereocenters. The number of carbonyl (C=O) groups excluding carboxylic acids is 1. The summed E-state index contributed by atoms with van der Waals surface area (Å²) in [5.74, 6) is 0.885. The summed E-state index contributed by atoms with van der Waals surface area (Å²) in [4.78, 5) is 19.3. The Kier molecular flexibility index (Phi) is 11.6. The van der Waals surface area contributed by atoms with Gasteiger partial charge in [0.05, 0.1) is 17.4 Å². The van der Waals surface area contributed by atoms with Crippen molar-refractivity contribution < 1.29 is 4.79 Å². The van der Waals surface area contributed by atoms with Crippen LogP contribution in [0.1, 0.15) is 25.6 Å². The molecule has 0 atom stereocenters. The fourth-order valence-corrected chi connectivity index (χ4v) is 2.90. The minimum absolute atomic E-state index is 0. The monoisotopic (exact) mass is 472 g/mol. The van der Waals surface area contributed by atoms with E-state index in [9.17, 15) is 4.79 Å². The van der Waals surface area contributed by atoms with Crippen molar-refractivity contribution in [2.75, 3.05) is 26.7 Å². The first kappa shape index (κ1) is 22.5. The fourth-order valence-electron chi connectivity index (χ4n) is 1.76. The largest absolute Gasteiger partial charge is 0.357 e. The second-order valence-electron chi connectivity index (χ2n) is 5.24. The SMILES string of the molecule is CCNC(=NCCNC(=O)C(C)C)N(C)Cc1ccc(Cl)s1.I. The van der Waals surface area contributed by atoms with Crippen molar-refractivity contribution in [2.45, 2.75) is 27.3 Å². The third-order valence-corrected chi connectivity index (χ3v) is 4.13. The Morgan fingerprint density at radius 1 is 1.39 bits per heavy atom. The van der Waals surface area contributed by atoms with Gasteiger partial charge in [-0.15, -0.1) is 35.3 Å². The van der Waals surface area contributed by atoms with Gasteiger partial charge >= 0.3 is 0 Å². The van der Waals surface area contributed by atoms with Gasteiger partial charge in [0, 0.05) is 30.9 Å². The van der Waals surface area contributed by atoms with Crippen LogP contribution >= 0.6 is 46.9 Å². The highest BCUT2D eigenvalue weighted by Gasteiger charge is 2.08. The molecule has 0 fully saturated rings. The van der Waals surface area contributed by atoms with Gasteiger partial charge in [0.15, 0.2) is 5.96 Å². The van der Waals surface area contributed by atoms with Crippen LogP contribution in [0.4, 0.5) is 0 Å². The van der Waals surface area contributed by atoms with Crippen LogP contribution < -0.4 is 10.6 Å². The van der Waals surface area contributed by atoms with E-state index < -0.39 is 0 Å². The molecule has 0 saturated heterocycles. The van der Waals surface area contributed by atoms with E-state index in [2.05, 4.69) is 20.5 Å². The van der Waals surface area contributed by atoms with Crippen LogP contribution in [0.5, 0.6) is 0 Å². The molecule has 8 heteroatoms. The highest BCUT2D eigenvalue weighted by atomic mass is 127. The van der Waals surface area contributed by atoms with Gasteiger partial charge < -0.3 is 15.5 Å². The highest BCUT2D eigenvalue weighted by molar-refractivity contribution is 14.0. The Bertz CT molecular complexity index is 507. The van der Waals surface area contributed by atoms with Crippen LogP contribution in [0.15, 0.2) is 17.1 Å². The zero-order valence-corrected chi connectivity index (χ0v) is 18.0. The van der Waals surface area contributed by atoms with Gasteiger partial charge in [-0.1, -0.05) is 25.4 Å². The summed E-state index contributed by atoms with van der Waals surface area (Å²) >= 11 is 7.53. The zero-order chi connectivity index (χ0) is 16.5. The molecule has 0 radical (unpaired) electrons. The Labute approximate surface area is 164 Å². The van der Waals surface area contributed by atoms with Gasteiger partial charge in [-0.05, 0) is 19.1 Å². The van der Waals surface area contributed by atoms with Crippen LogP contribution in [0.3, 0.4) is 0 Å². The number of amides is 1. The van der Waals surface area contributed by atoms with Crippen molar-refractivity contribution >= 4 is 58.8 Å². The molecule has 0 aliphatic rings. The molecule has 0 bridgehead atoms. The number of carbonyl (C=O) groups is 1. The summed E-state index contributed by atoms with van der Waals surface area (Å²) in [5, 5.41) is 6.12. The zero-order valence-electron chi connectivity index (χ0n) is 14.1. The van der Waals surface area contributed by atoms with Gasteiger partial charge in [0.2, 0.25) is 5.91 Å². The molecule has 132 valence electrons. The second-order valence-corrected chi connectivity index (χ2v) is 7.04. The number of hydrogen-bond donors (Lipinski definition) is 2. The smallest absolute Gasteiger partial charge is 0.222 e. The number of nitrogens with zero attached hydrogens (tertiary/aromatic N) is 2. The third kappa shape index (κ3) is 8.76. The molecule has 0 aliphatic heterocycles. The molecular formula is C15H26ClIN4OS. The average Bonchev–Trinajstić information content (AvgIpc) is 2.86. The van der Waals surface area contributed by atoms with Crippen molar-refractivity contribution in [1.29, 1.82) is 0 Å². The summed E-state index contributed by atoms with van der Waals surface area (Å²) in [7, 11) is 1.99. The molecule has 1 rings (SSSR count). The lowest BCUT2D eigenvalue weighted by Crippen LogP contribution is -2.39. The van der Waals surface area contributed by atoms with Gasteiger partial charge in [-0.25, -0.2) is 0 Å². The first-order valence-electron chi connectivity index (χ1n) is 7.45. The lowest BCUT2D eigenvalue weighted by Gasteiger charge is -2.21. The minimum atomic E-state index is 0. The molecule has 2 N–H and O–H groups in total. The predicted octanol–water partition coefficient (Wildman–Crippen LogP) is 3.19. The molecule has 0 aliphatic carbocycles. The number of rotatable bonds is 7. The summed E-state index contributed by atoms with van der Waals surface area (Å²) in [6.45, 7) is 8.44. The van der Waals surface area contributed by atoms with Gasteiger partial charge in [-0.2, -0.15) is 0 Å². The van der Waals surface area contributed by atoms with E-state index in [1.54, 1.807) is 11.3 Å². The maximum Gasteiger partial charge on any atom is 0.222 e. The van der Waals surface area contributed by atoms with Crippen molar-refractivity contribution in [3.05, 3.63) is 21.3 Å². The quantitative estimate of drug-likeness (QED) is 0.277. The minimum Gasteiger partial charge on any atom is -0.357 e. The normalized spacial score (nSPS) is 11.1. The van der Waals surface area contributed by atoms with Crippen molar-refractivity contribution in [3.8, 4) is 0 Å². The molecular weight excluding hydrogens is 447 g/mol. The van der Waals surface area contributed by atoms with E-state index in [0.29, 0.717) is 13.1 Å². The molecule has 1 aromatic rings. The average molecular weight is 473 g/mol.